The molecule has 6 nitrogen and oxygen atoms in total. The quantitative estimate of drug-likeness (QED) is 0.775. The van der Waals surface area contributed by atoms with Crippen LogP contribution in [0.25, 0.3) is 5.69 Å². The van der Waals surface area contributed by atoms with Crippen molar-refractivity contribution < 1.29 is 4.79 Å². The number of aromatic nitrogens is 3. The number of nitrogens with one attached hydrogen (secondary N) is 1. The van der Waals surface area contributed by atoms with Crippen LogP contribution in [0, 0.1) is 0 Å². The maximum absolute atomic E-state index is 12.1. The molecule has 0 aliphatic rings. The first-order valence-corrected chi connectivity index (χ1v) is 7.68. The van der Waals surface area contributed by atoms with Gasteiger partial charge in [0.25, 0.3) is 11.5 Å². The van der Waals surface area contributed by atoms with Gasteiger partial charge in [-0.3, -0.25) is 9.59 Å². The molecule has 0 bridgehead atoms. The zero-order chi connectivity index (χ0) is 16.9. The summed E-state index contributed by atoms with van der Waals surface area (Å²) in [5.41, 5.74) is 1.85. The first kappa shape index (κ1) is 15.7. The van der Waals surface area contributed by atoms with Gasteiger partial charge in [0.2, 0.25) is 0 Å². The fourth-order valence-electron chi connectivity index (χ4n) is 2.40. The summed E-state index contributed by atoms with van der Waals surface area (Å²) in [6.45, 7) is 0.442. The summed E-state index contributed by atoms with van der Waals surface area (Å²) in [4.78, 5) is 24.0. The van der Waals surface area contributed by atoms with Gasteiger partial charge in [-0.05, 0) is 36.2 Å². The van der Waals surface area contributed by atoms with E-state index in [2.05, 4.69) is 10.4 Å². The second-order valence-corrected chi connectivity index (χ2v) is 5.47. The molecule has 0 atom stereocenters. The summed E-state index contributed by atoms with van der Waals surface area (Å²) in [5.74, 6) is -0.355. The Morgan fingerprint density at radius 2 is 1.96 bits per heavy atom. The lowest BCUT2D eigenvalue weighted by atomic mass is 10.2. The van der Waals surface area contributed by atoms with E-state index in [9.17, 15) is 9.59 Å². The Balaban J connectivity index is 1.59. The van der Waals surface area contributed by atoms with Gasteiger partial charge in [0.05, 0.1) is 11.9 Å². The maximum Gasteiger partial charge on any atom is 0.263 e. The van der Waals surface area contributed by atoms with E-state index in [1.807, 2.05) is 36.5 Å². The predicted octanol–water partition coefficient (Wildman–Crippen LogP) is 1.54. The average molecular weight is 322 g/mol. The van der Waals surface area contributed by atoms with Crippen molar-refractivity contribution in [1.29, 1.82) is 0 Å². The molecule has 0 fully saturated rings. The van der Waals surface area contributed by atoms with Gasteiger partial charge in [-0.25, -0.2) is 4.68 Å². The third kappa shape index (κ3) is 3.43. The first-order chi connectivity index (χ1) is 11.6. The fourth-order valence-corrected chi connectivity index (χ4v) is 2.40. The number of hydrogen-bond donors (Lipinski definition) is 1. The summed E-state index contributed by atoms with van der Waals surface area (Å²) < 4.78 is 3.18. The number of amides is 1. The smallest absolute Gasteiger partial charge is 0.263 e. The van der Waals surface area contributed by atoms with Gasteiger partial charge < -0.3 is 9.88 Å². The number of benzene rings is 1. The number of carbonyl (C=O) groups is 1. The van der Waals surface area contributed by atoms with Crippen LogP contribution in [0.4, 0.5) is 0 Å². The van der Waals surface area contributed by atoms with Gasteiger partial charge in [-0.1, -0.05) is 18.2 Å². The molecule has 2 aromatic heterocycles. The molecule has 122 valence electrons. The molecule has 0 aliphatic carbocycles. The third-order valence-corrected chi connectivity index (χ3v) is 3.72. The van der Waals surface area contributed by atoms with E-state index in [0.29, 0.717) is 13.0 Å². The first-order valence-electron chi connectivity index (χ1n) is 7.68. The Kier molecular flexibility index (Phi) is 4.56. The predicted molar refractivity (Wildman–Crippen MR) is 91.3 cm³/mol. The van der Waals surface area contributed by atoms with Gasteiger partial charge in [-0.15, -0.1) is 0 Å². The molecule has 0 spiro atoms. The second-order valence-electron chi connectivity index (χ2n) is 5.47. The molecule has 1 amide bonds. The van der Waals surface area contributed by atoms with Crippen LogP contribution in [0.15, 0.2) is 65.8 Å². The minimum absolute atomic E-state index is 0.153. The molecular formula is C18H18N4O2. The van der Waals surface area contributed by atoms with Gasteiger partial charge in [0, 0.05) is 26.0 Å². The molecule has 0 saturated heterocycles. The molecule has 24 heavy (non-hydrogen) atoms. The number of rotatable bonds is 5. The number of para-hydroxylation sites is 1. The zero-order valence-electron chi connectivity index (χ0n) is 13.3. The topological polar surface area (TPSA) is 68.9 Å². The fraction of sp³-hybridized carbons (Fsp3) is 0.167. The molecule has 6 heteroatoms. The van der Waals surface area contributed by atoms with Crippen molar-refractivity contribution in [1.82, 2.24) is 19.7 Å². The molecule has 1 N–H and O–H groups in total. The summed E-state index contributed by atoms with van der Waals surface area (Å²) in [6.07, 6.45) is 5.98. The molecule has 3 rings (SSSR count). The molecule has 3 aromatic rings. The zero-order valence-corrected chi connectivity index (χ0v) is 13.3. The summed E-state index contributed by atoms with van der Waals surface area (Å²) in [5, 5.41) is 7.09. The number of aryl methyl sites for hydroxylation is 1. The summed E-state index contributed by atoms with van der Waals surface area (Å²) >= 11 is 0. The van der Waals surface area contributed by atoms with Crippen LogP contribution >= 0.6 is 0 Å². The number of pyridine rings is 1. The van der Waals surface area contributed by atoms with E-state index in [-0.39, 0.29) is 17.0 Å². The highest BCUT2D eigenvalue weighted by Crippen LogP contribution is 2.07. The Morgan fingerprint density at radius 3 is 2.75 bits per heavy atom. The minimum atomic E-state index is -0.355. The highest BCUT2D eigenvalue weighted by molar-refractivity contribution is 5.93. The van der Waals surface area contributed by atoms with E-state index >= 15 is 0 Å². The normalized spacial score (nSPS) is 10.5. The van der Waals surface area contributed by atoms with Gasteiger partial charge in [0.15, 0.2) is 0 Å². The summed E-state index contributed by atoms with van der Waals surface area (Å²) in [6, 6.07) is 13.0. The lowest BCUT2D eigenvalue weighted by molar-refractivity contribution is 0.0952. The van der Waals surface area contributed by atoms with Crippen LogP contribution in [0.5, 0.6) is 0 Å². The molecule has 0 saturated carbocycles. The summed E-state index contributed by atoms with van der Waals surface area (Å²) in [7, 11) is 1.62. The lowest BCUT2D eigenvalue weighted by Crippen LogP contribution is -2.32. The third-order valence-electron chi connectivity index (χ3n) is 3.72. The Bertz CT molecular complexity index is 897. The van der Waals surface area contributed by atoms with Crippen LogP contribution in [0.1, 0.15) is 15.9 Å². The number of hydrogen-bond acceptors (Lipinski definition) is 3. The van der Waals surface area contributed by atoms with Gasteiger partial charge in [-0.2, -0.15) is 5.10 Å². The van der Waals surface area contributed by atoms with Gasteiger partial charge >= 0.3 is 0 Å². The van der Waals surface area contributed by atoms with E-state index in [1.54, 1.807) is 30.2 Å². The highest BCUT2D eigenvalue weighted by Gasteiger charge is 2.10. The number of carbonyl (C=O) groups excluding carboxylic acids is 1. The van der Waals surface area contributed by atoms with Crippen molar-refractivity contribution in [2.75, 3.05) is 6.54 Å². The van der Waals surface area contributed by atoms with Crippen LogP contribution in [0.2, 0.25) is 0 Å². The molecule has 1 aromatic carbocycles. The van der Waals surface area contributed by atoms with Crippen LogP contribution < -0.4 is 10.9 Å². The molecule has 0 aliphatic heterocycles. The Labute approximate surface area is 139 Å². The van der Waals surface area contributed by atoms with Gasteiger partial charge in [0.1, 0.15) is 5.56 Å². The average Bonchev–Trinajstić information content (AvgIpc) is 3.07. The SMILES string of the molecule is Cn1cccc(C(=O)NCCc2cnn(-c3ccccc3)c2)c1=O. The van der Waals surface area contributed by atoms with Crippen molar-refractivity contribution in [3.63, 3.8) is 0 Å². The van der Waals surface area contributed by atoms with Crippen LogP contribution in [-0.2, 0) is 13.5 Å². The molecular weight excluding hydrogens is 304 g/mol. The van der Waals surface area contributed by atoms with E-state index in [0.717, 1.165) is 11.3 Å². The van der Waals surface area contributed by atoms with Crippen LogP contribution in [0.3, 0.4) is 0 Å². The number of nitrogens with zero attached hydrogens (tertiary/aromatic N) is 3. The molecule has 2 heterocycles. The van der Waals surface area contributed by atoms with Crippen molar-refractivity contribution in [3.8, 4) is 5.69 Å². The minimum Gasteiger partial charge on any atom is -0.352 e. The van der Waals surface area contributed by atoms with E-state index < -0.39 is 0 Å². The standard InChI is InChI=1S/C18H18N4O2/c1-21-11-5-8-16(18(21)24)17(23)19-10-9-14-12-20-22(13-14)15-6-3-2-4-7-15/h2-8,11-13H,9-10H2,1H3,(H,19,23). The lowest BCUT2D eigenvalue weighted by Gasteiger charge is -2.05. The van der Waals surface area contributed by atoms with Crippen molar-refractivity contribution >= 4 is 5.91 Å². The molecule has 0 unspecified atom stereocenters. The largest absolute Gasteiger partial charge is 0.352 e. The van der Waals surface area contributed by atoms with Crippen LogP contribution in [-0.4, -0.2) is 26.8 Å². The highest BCUT2D eigenvalue weighted by atomic mass is 16.2. The molecule has 0 radical (unpaired) electrons. The van der Waals surface area contributed by atoms with Crippen molar-refractivity contribution in [2.45, 2.75) is 6.42 Å². The van der Waals surface area contributed by atoms with Crippen molar-refractivity contribution in [2.24, 2.45) is 7.05 Å². The Hall–Kier alpha value is -3.15. The van der Waals surface area contributed by atoms with E-state index in [1.165, 1.54) is 10.6 Å². The Morgan fingerprint density at radius 1 is 1.17 bits per heavy atom. The second kappa shape index (κ2) is 6.95. The van der Waals surface area contributed by atoms with Crippen molar-refractivity contribution in [3.05, 3.63) is 82.5 Å². The maximum atomic E-state index is 12.1. The monoisotopic (exact) mass is 322 g/mol. The van der Waals surface area contributed by atoms with E-state index in [4.69, 9.17) is 0 Å².